The molecule has 0 aliphatic carbocycles. The number of hydrogen-bond donors (Lipinski definition) is 2. The zero-order valence-corrected chi connectivity index (χ0v) is 22.9. The number of aromatic nitrogens is 2. The number of halogens is 2. The van der Waals surface area contributed by atoms with Crippen molar-refractivity contribution in [1.82, 2.24) is 19.8 Å². The molecule has 6 rings (SSSR count). The van der Waals surface area contributed by atoms with Gasteiger partial charge < -0.3 is 15.0 Å². The van der Waals surface area contributed by atoms with E-state index in [0.717, 1.165) is 30.0 Å². The number of imidazole rings is 1. The summed E-state index contributed by atoms with van der Waals surface area (Å²) in [6, 6.07) is 19.3. The van der Waals surface area contributed by atoms with Gasteiger partial charge in [-0.3, -0.25) is 4.90 Å². The number of aliphatic hydroxyl groups excluding tert-OH is 1. The third-order valence-corrected chi connectivity index (χ3v) is 9.13. The molecule has 3 aliphatic rings. The van der Waals surface area contributed by atoms with Gasteiger partial charge in [0.05, 0.1) is 17.6 Å². The molecule has 4 heterocycles. The smallest absolute Gasteiger partial charge is 0.106 e. The lowest BCUT2D eigenvalue weighted by atomic mass is 9.70. The predicted octanol–water partition coefficient (Wildman–Crippen LogP) is 5.56. The summed E-state index contributed by atoms with van der Waals surface area (Å²) in [5.41, 5.74) is 5.13. The highest BCUT2D eigenvalue weighted by Gasteiger charge is 2.43. The van der Waals surface area contributed by atoms with Gasteiger partial charge in [0.25, 0.3) is 0 Å². The molecule has 3 aliphatic heterocycles. The molecular weight excluding hydrogens is 491 g/mol. The van der Waals surface area contributed by atoms with E-state index in [9.17, 15) is 5.11 Å². The Hall–Kier alpha value is -1.63. The standard InChI is InChI=1S/C29H38N4O.2ClH/c1-21-31-27-7-2-3-8-28(27)33(21)26-18-24-9-10-25(19-26)32(24)16-13-29(11-14-30-15-12-29)23-6-4-5-22(17-23)20-34;;/h2-8,17,24-26,30,34H,9-16,18-20H2,1H3;2*1H/t24-,25+,26?;;. The van der Waals surface area contributed by atoms with Gasteiger partial charge in [-0.05, 0) is 100 Å². The molecule has 3 aromatic rings. The first-order valence-electron chi connectivity index (χ1n) is 13.3. The average Bonchev–Trinajstić information content (AvgIpc) is 3.34. The SMILES string of the molecule is Cc1nc2ccccc2n1C1C[C@H]2CC[C@@H](C1)N2CCC1(c2cccc(CO)c2)CCNCC1.Cl.Cl. The van der Waals surface area contributed by atoms with Crippen molar-refractivity contribution in [3.05, 3.63) is 65.5 Å². The van der Waals surface area contributed by atoms with Gasteiger partial charge in [0.1, 0.15) is 5.82 Å². The second kappa shape index (κ2) is 11.4. The molecule has 0 radical (unpaired) electrons. The lowest BCUT2D eigenvalue weighted by Crippen LogP contribution is -2.47. The average molecular weight is 532 g/mol. The summed E-state index contributed by atoms with van der Waals surface area (Å²) < 4.78 is 2.53. The van der Waals surface area contributed by atoms with Crippen molar-refractivity contribution in [3.8, 4) is 0 Å². The molecule has 36 heavy (non-hydrogen) atoms. The molecule has 2 bridgehead atoms. The van der Waals surface area contributed by atoms with Crippen molar-refractivity contribution >= 4 is 35.8 Å². The van der Waals surface area contributed by atoms with E-state index >= 15 is 0 Å². The highest BCUT2D eigenvalue weighted by molar-refractivity contribution is 5.85. The maximum Gasteiger partial charge on any atom is 0.106 e. The molecule has 5 nitrogen and oxygen atoms in total. The Morgan fingerprint density at radius 3 is 2.42 bits per heavy atom. The fourth-order valence-electron chi connectivity index (χ4n) is 7.38. The fraction of sp³-hybridized carbons (Fsp3) is 0.552. The monoisotopic (exact) mass is 530 g/mol. The van der Waals surface area contributed by atoms with Crippen molar-refractivity contribution < 1.29 is 5.11 Å². The lowest BCUT2D eigenvalue weighted by Gasteiger charge is -2.44. The van der Waals surface area contributed by atoms with Gasteiger partial charge in [-0.1, -0.05) is 36.4 Å². The number of nitrogens with zero attached hydrogens (tertiary/aromatic N) is 3. The molecular formula is C29H40Cl2N4O. The fourth-order valence-corrected chi connectivity index (χ4v) is 7.38. The van der Waals surface area contributed by atoms with Gasteiger partial charge in [-0.15, -0.1) is 24.8 Å². The third kappa shape index (κ3) is 4.93. The van der Waals surface area contributed by atoms with Crippen LogP contribution in [0.2, 0.25) is 0 Å². The Kier molecular flexibility index (Phi) is 8.68. The molecule has 2 aromatic carbocycles. The number of aliphatic hydroxyl groups is 1. The van der Waals surface area contributed by atoms with E-state index in [1.54, 1.807) is 0 Å². The summed E-state index contributed by atoms with van der Waals surface area (Å²) in [6.45, 7) is 5.67. The summed E-state index contributed by atoms with van der Waals surface area (Å²) in [5, 5.41) is 13.3. The molecule has 1 unspecified atom stereocenters. The number of benzene rings is 2. The summed E-state index contributed by atoms with van der Waals surface area (Å²) in [6.07, 6.45) is 8.75. The molecule has 3 saturated heterocycles. The van der Waals surface area contributed by atoms with E-state index in [1.807, 2.05) is 6.07 Å². The summed E-state index contributed by atoms with van der Waals surface area (Å²) >= 11 is 0. The first kappa shape index (κ1) is 27.4. The van der Waals surface area contributed by atoms with Crippen LogP contribution in [0.3, 0.4) is 0 Å². The molecule has 1 aromatic heterocycles. The zero-order valence-electron chi connectivity index (χ0n) is 21.2. The quantitative estimate of drug-likeness (QED) is 0.438. The summed E-state index contributed by atoms with van der Waals surface area (Å²) in [5.74, 6) is 1.16. The van der Waals surface area contributed by atoms with E-state index < -0.39 is 0 Å². The number of hydrogen-bond acceptors (Lipinski definition) is 4. The van der Waals surface area contributed by atoms with Crippen LogP contribution in [0.1, 0.15) is 67.9 Å². The number of aryl methyl sites for hydroxylation is 1. The van der Waals surface area contributed by atoms with Gasteiger partial charge in [0.15, 0.2) is 0 Å². The Morgan fingerprint density at radius 2 is 1.69 bits per heavy atom. The van der Waals surface area contributed by atoms with Crippen LogP contribution in [0, 0.1) is 6.92 Å². The normalized spacial score (nSPS) is 25.3. The third-order valence-electron chi connectivity index (χ3n) is 9.13. The van der Waals surface area contributed by atoms with Crippen molar-refractivity contribution in [2.75, 3.05) is 19.6 Å². The van der Waals surface area contributed by atoms with Crippen LogP contribution >= 0.6 is 24.8 Å². The lowest BCUT2D eigenvalue weighted by molar-refractivity contribution is 0.0929. The molecule has 0 spiro atoms. The van der Waals surface area contributed by atoms with E-state index in [-0.39, 0.29) is 36.8 Å². The summed E-state index contributed by atoms with van der Waals surface area (Å²) in [7, 11) is 0. The maximum atomic E-state index is 9.72. The van der Waals surface area contributed by atoms with Crippen molar-refractivity contribution in [1.29, 1.82) is 0 Å². The highest BCUT2D eigenvalue weighted by Crippen LogP contribution is 2.44. The Morgan fingerprint density at radius 1 is 0.972 bits per heavy atom. The van der Waals surface area contributed by atoms with E-state index in [4.69, 9.17) is 4.98 Å². The molecule has 7 heteroatoms. The number of nitrogens with one attached hydrogen (secondary N) is 1. The molecule has 0 saturated carbocycles. The van der Waals surface area contributed by atoms with Crippen LogP contribution < -0.4 is 5.32 Å². The van der Waals surface area contributed by atoms with Crippen LogP contribution in [0.5, 0.6) is 0 Å². The van der Waals surface area contributed by atoms with Gasteiger partial charge in [-0.2, -0.15) is 0 Å². The van der Waals surface area contributed by atoms with Crippen LogP contribution in [0.4, 0.5) is 0 Å². The van der Waals surface area contributed by atoms with Crippen LogP contribution in [0.25, 0.3) is 11.0 Å². The Labute approximate surface area is 227 Å². The van der Waals surface area contributed by atoms with Crippen molar-refractivity contribution in [2.24, 2.45) is 0 Å². The first-order chi connectivity index (χ1) is 16.7. The molecule has 196 valence electrons. The van der Waals surface area contributed by atoms with E-state index in [2.05, 4.69) is 64.2 Å². The minimum atomic E-state index is 0. The second-order valence-electron chi connectivity index (χ2n) is 10.9. The topological polar surface area (TPSA) is 53.3 Å². The molecule has 2 N–H and O–H groups in total. The molecule has 0 amide bonds. The van der Waals surface area contributed by atoms with Crippen molar-refractivity contribution in [2.45, 2.75) is 82.0 Å². The van der Waals surface area contributed by atoms with Gasteiger partial charge in [0.2, 0.25) is 0 Å². The molecule has 3 atom stereocenters. The second-order valence-corrected chi connectivity index (χ2v) is 10.9. The van der Waals surface area contributed by atoms with Gasteiger partial charge in [-0.25, -0.2) is 4.98 Å². The van der Waals surface area contributed by atoms with Crippen LogP contribution in [-0.4, -0.2) is 51.3 Å². The van der Waals surface area contributed by atoms with Gasteiger partial charge >= 0.3 is 0 Å². The zero-order chi connectivity index (χ0) is 23.1. The minimum absolute atomic E-state index is 0. The number of fused-ring (bicyclic) bond motifs is 3. The van der Waals surface area contributed by atoms with Gasteiger partial charge in [0, 0.05) is 18.1 Å². The minimum Gasteiger partial charge on any atom is -0.392 e. The van der Waals surface area contributed by atoms with E-state index in [1.165, 1.54) is 62.6 Å². The molecule has 3 fully saturated rings. The maximum absolute atomic E-state index is 9.72. The largest absolute Gasteiger partial charge is 0.392 e. The Balaban J connectivity index is 0.00000152. The number of para-hydroxylation sites is 2. The highest BCUT2D eigenvalue weighted by atomic mass is 35.5. The van der Waals surface area contributed by atoms with Crippen molar-refractivity contribution in [3.63, 3.8) is 0 Å². The van der Waals surface area contributed by atoms with E-state index in [0.29, 0.717) is 18.1 Å². The number of piperidine rings is 2. The van der Waals surface area contributed by atoms with Crippen LogP contribution in [-0.2, 0) is 12.0 Å². The van der Waals surface area contributed by atoms with Crippen LogP contribution in [0.15, 0.2) is 48.5 Å². The Bertz CT molecular complexity index is 1150. The predicted molar refractivity (Wildman–Crippen MR) is 152 cm³/mol. The first-order valence-corrected chi connectivity index (χ1v) is 13.3. The summed E-state index contributed by atoms with van der Waals surface area (Å²) in [4.78, 5) is 7.72. The number of rotatable bonds is 6.